The highest BCUT2D eigenvalue weighted by Gasteiger charge is 2.14. The smallest absolute Gasteiger partial charge is 0.337 e. The van der Waals surface area contributed by atoms with Crippen molar-refractivity contribution in [3.05, 3.63) is 53.6 Å². The first-order chi connectivity index (χ1) is 9.47. The van der Waals surface area contributed by atoms with Crippen molar-refractivity contribution in [1.29, 1.82) is 0 Å². The van der Waals surface area contributed by atoms with Gasteiger partial charge in [-0.25, -0.2) is 14.2 Å². The Morgan fingerprint density at radius 3 is 2.60 bits per heavy atom. The van der Waals surface area contributed by atoms with Crippen molar-refractivity contribution in [3.8, 4) is 0 Å². The van der Waals surface area contributed by atoms with E-state index in [1.165, 1.54) is 24.3 Å². The molecule has 0 saturated carbocycles. The second-order valence-corrected chi connectivity index (χ2v) is 3.93. The fraction of sp³-hybridized carbons (Fsp3) is 0. The molecule has 0 spiro atoms. The van der Waals surface area contributed by atoms with Crippen LogP contribution in [0.2, 0.25) is 0 Å². The van der Waals surface area contributed by atoms with Crippen LogP contribution in [0.4, 0.5) is 15.8 Å². The van der Waals surface area contributed by atoms with Crippen molar-refractivity contribution in [3.63, 3.8) is 0 Å². The number of rotatable bonds is 3. The number of pyridine rings is 1. The number of hydrogen-bond acceptors (Lipinski definition) is 4. The summed E-state index contributed by atoms with van der Waals surface area (Å²) in [6.07, 6.45) is 0.895. The third-order valence-corrected chi connectivity index (χ3v) is 2.48. The zero-order chi connectivity index (χ0) is 14.7. The third kappa shape index (κ3) is 2.89. The molecule has 1 amide bonds. The summed E-state index contributed by atoms with van der Waals surface area (Å²) >= 11 is 0. The average molecular weight is 275 g/mol. The van der Waals surface area contributed by atoms with E-state index in [4.69, 9.17) is 10.8 Å². The van der Waals surface area contributed by atoms with E-state index in [2.05, 4.69) is 10.3 Å². The Bertz CT molecular complexity index is 671. The van der Waals surface area contributed by atoms with E-state index in [-0.39, 0.29) is 16.9 Å². The molecule has 0 unspecified atom stereocenters. The van der Waals surface area contributed by atoms with E-state index in [9.17, 15) is 14.0 Å². The Labute approximate surface area is 113 Å². The Hall–Kier alpha value is -2.96. The summed E-state index contributed by atoms with van der Waals surface area (Å²) in [6, 6.07) is 6.29. The molecule has 2 aromatic rings. The molecule has 1 heterocycles. The summed E-state index contributed by atoms with van der Waals surface area (Å²) in [5, 5.41) is 11.4. The van der Waals surface area contributed by atoms with Gasteiger partial charge in [0, 0.05) is 5.69 Å². The van der Waals surface area contributed by atoms with Crippen LogP contribution in [-0.4, -0.2) is 22.0 Å². The number of nitrogens with zero attached hydrogens (tertiary/aromatic N) is 1. The van der Waals surface area contributed by atoms with E-state index < -0.39 is 17.7 Å². The summed E-state index contributed by atoms with van der Waals surface area (Å²) in [6.45, 7) is 0. The molecule has 6 nitrogen and oxygen atoms in total. The number of benzene rings is 1. The van der Waals surface area contributed by atoms with Gasteiger partial charge < -0.3 is 16.2 Å². The molecule has 4 N–H and O–H groups in total. The van der Waals surface area contributed by atoms with Crippen LogP contribution in [0, 0.1) is 5.82 Å². The maximum Gasteiger partial charge on any atom is 0.337 e. The van der Waals surface area contributed by atoms with Crippen molar-refractivity contribution < 1.29 is 19.1 Å². The number of nitrogens with two attached hydrogens (primary N) is 1. The van der Waals surface area contributed by atoms with E-state index in [1.807, 2.05) is 0 Å². The van der Waals surface area contributed by atoms with Gasteiger partial charge in [-0.15, -0.1) is 0 Å². The van der Waals surface area contributed by atoms with Crippen LogP contribution in [-0.2, 0) is 0 Å². The van der Waals surface area contributed by atoms with Crippen molar-refractivity contribution >= 4 is 23.3 Å². The largest absolute Gasteiger partial charge is 0.478 e. The number of anilines is 2. The Kier molecular flexibility index (Phi) is 3.60. The van der Waals surface area contributed by atoms with Gasteiger partial charge in [-0.1, -0.05) is 0 Å². The Morgan fingerprint density at radius 2 is 2.00 bits per heavy atom. The Balaban J connectivity index is 2.29. The van der Waals surface area contributed by atoms with Crippen LogP contribution in [0.5, 0.6) is 0 Å². The number of carboxylic acid groups (broad SMARTS) is 1. The third-order valence-electron chi connectivity index (χ3n) is 2.48. The van der Waals surface area contributed by atoms with Crippen LogP contribution < -0.4 is 11.1 Å². The molecule has 1 aromatic heterocycles. The fourth-order valence-corrected chi connectivity index (χ4v) is 1.55. The number of carbonyl (C=O) groups excluding carboxylic acids is 1. The lowest BCUT2D eigenvalue weighted by Gasteiger charge is -2.09. The molecule has 0 fully saturated rings. The number of aromatic carboxylic acids is 1. The lowest BCUT2D eigenvalue weighted by atomic mass is 10.1. The summed E-state index contributed by atoms with van der Waals surface area (Å²) in [4.78, 5) is 26.5. The molecule has 0 saturated heterocycles. The predicted octanol–water partition coefficient (Wildman–Crippen LogP) is 1.75. The highest BCUT2D eigenvalue weighted by atomic mass is 19.1. The van der Waals surface area contributed by atoms with Gasteiger partial charge in [-0.2, -0.15) is 0 Å². The minimum absolute atomic E-state index is 0.0369. The number of carbonyl (C=O) groups is 2. The maximum absolute atomic E-state index is 12.7. The lowest BCUT2D eigenvalue weighted by molar-refractivity contribution is 0.0698. The molecule has 0 radical (unpaired) electrons. The van der Waals surface area contributed by atoms with Crippen LogP contribution >= 0.6 is 0 Å². The molecule has 0 aliphatic carbocycles. The molecule has 102 valence electrons. The number of amides is 1. The molecule has 0 aliphatic rings. The molecule has 7 heteroatoms. The minimum atomic E-state index is -1.20. The summed E-state index contributed by atoms with van der Waals surface area (Å²) < 4.78 is 12.7. The zero-order valence-electron chi connectivity index (χ0n) is 10.1. The highest BCUT2D eigenvalue weighted by Crippen LogP contribution is 2.20. The summed E-state index contributed by atoms with van der Waals surface area (Å²) in [7, 11) is 0. The van der Waals surface area contributed by atoms with E-state index in [1.54, 1.807) is 0 Å². The maximum atomic E-state index is 12.7. The summed E-state index contributed by atoms with van der Waals surface area (Å²) in [5.74, 6) is -2.43. The first kappa shape index (κ1) is 13.5. The second kappa shape index (κ2) is 5.35. The number of hydrogen-bond donors (Lipinski definition) is 3. The van der Waals surface area contributed by atoms with E-state index in [0.29, 0.717) is 5.69 Å². The van der Waals surface area contributed by atoms with Crippen molar-refractivity contribution in [2.75, 3.05) is 11.1 Å². The van der Waals surface area contributed by atoms with E-state index >= 15 is 0 Å². The molecular formula is C13H10FN3O3. The quantitative estimate of drug-likeness (QED) is 0.740. The van der Waals surface area contributed by atoms with Gasteiger partial charge >= 0.3 is 5.97 Å². The molecule has 0 atom stereocenters. The van der Waals surface area contributed by atoms with Crippen LogP contribution in [0.25, 0.3) is 0 Å². The molecular weight excluding hydrogens is 265 g/mol. The number of nitrogen functional groups attached to an aromatic ring is 1. The van der Waals surface area contributed by atoms with Gasteiger partial charge in [0.1, 0.15) is 11.5 Å². The lowest BCUT2D eigenvalue weighted by Crippen LogP contribution is -2.16. The van der Waals surface area contributed by atoms with Gasteiger partial charge in [0.15, 0.2) is 0 Å². The first-order valence-electron chi connectivity index (χ1n) is 5.53. The van der Waals surface area contributed by atoms with Gasteiger partial charge in [0.05, 0.1) is 17.4 Å². The van der Waals surface area contributed by atoms with Crippen LogP contribution in [0.15, 0.2) is 36.5 Å². The van der Waals surface area contributed by atoms with Crippen molar-refractivity contribution in [2.45, 2.75) is 0 Å². The molecule has 2 rings (SSSR count). The minimum Gasteiger partial charge on any atom is -0.478 e. The Morgan fingerprint density at radius 1 is 1.25 bits per heavy atom. The molecule has 0 aliphatic heterocycles. The van der Waals surface area contributed by atoms with Gasteiger partial charge in [0.25, 0.3) is 5.91 Å². The topological polar surface area (TPSA) is 105 Å². The standard InChI is InChI=1S/C13H10FN3O3/c14-7-1-4-10(16-6-7)12(18)17-11-5-8(15)2-3-9(11)13(19)20/h1-6H,15H2,(H,17,18)(H,19,20). The van der Waals surface area contributed by atoms with Gasteiger partial charge in [0.2, 0.25) is 0 Å². The number of carboxylic acids is 1. The highest BCUT2D eigenvalue weighted by molar-refractivity contribution is 6.07. The molecule has 0 bridgehead atoms. The molecule has 1 aromatic carbocycles. The summed E-state index contributed by atoms with van der Waals surface area (Å²) in [5.41, 5.74) is 5.77. The molecule has 20 heavy (non-hydrogen) atoms. The van der Waals surface area contributed by atoms with Crippen LogP contribution in [0.3, 0.4) is 0 Å². The number of aromatic nitrogens is 1. The van der Waals surface area contributed by atoms with Gasteiger partial charge in [-0.3, -0.25) is 4.79 Å². The number of nitrogens with one attached hydrogen (secondary N) is 1. The van der Waals surface area contributed by atoms with Crippen molar-refractivity contribution in [2.24, 2.45) is 0 Å². The fourth-order valence-electron chi connectivity index (χ4n) is 1.55. The monoisotopic (exact) mass is 275 g/mol. The SMILES string of the molecule is Nc1ccc(C(=O)O)c(NC(=O)c2ccc(F)cn2)c1. The first-order valence-corrected chi connectivity index (χ1v) is 5.53. The second-order valence-electron chi connectivity index (χ2n) is 3.93. The predicted molar refractivity (Wildman–Crippen MR) is 70.0 cm³/mol. The zero-order valence-corrected chi connectivity index (χ0v) is 10.1. The normalized spacial score (nSPS) is 10.1. The van der Waals surface area contributed by atoms with Crippen LogP contribution in [0.1, 0.15) is 20.8 Å². The van der Waals surface area contributed by atoms with Crippen molar-refractivity contribution in [1.82, 2.24) is 4.98 Å². The van der Waals surface area contributed by atoms with E-state index in [0.717, 1.165) is 12.3 Å². The van der Waals surface area contributed by atoms with Gasteiger partial charge in [-0.05, 0) is 30.3 Å². The number of halogens is 1. The average Bonchev–Trinajstić information content (AvgIpc) is 2.39.